The molecule has 2 atom stereocenters. The van der Waals surface area contributed by atoms with E-state index in [-0.39, 0.29) is 24.3 Å². The molecule has 0 radical (unpaired) electrons. The average molecular weight is 477 g/mol. The highest BCUT2D eigenvalue weighted by Crippen LogP contribution is 2.49. The minimum Gasteiger partial charge on any atom is -0.373 e. The van der Waals surface area contributed by atoms with E-state index in [1.165, 1.54) is 0 Å². The first-order valence-corrected chi connectivity index (χ1v) is 12.3. The molecule has 5 rings (SSSR count). The van der Waals surface area contributed by atoms with Crippen molar-refractivity contribution in [1.29, 1.82) is 0 Å². The molecule has 1 aromatic carbocycles. The van der Waals surface area contributed by atoms with E-state index >= 15 is 0 Å². The number of allylic oxidation sites excluding steroid dienone is 1. The summed E-state index contributed by atoms with van der Waals surface area (Å²) in [5, 5.41) is 4.33. The fourth-order valence-corrected chi connectivity index (χ4v) is 4.94. The van der Waals surface area contributed by atoms with Gasteiger partial charge < -0.3 is 14.4 Å². The lowest BCUT2D eigenvalue weighted by Crippen LogP contribution is -2.56. The fourth-order valence-electron chi connectivity index (χ4n) is 4.94. The number of benzene rings is 1. The highest BCUT2D eigenvalue weighted by Gasteiger charge is 2.63. The summed E-state index contributed by atoms with van der Waals surface area (Å²) in [6, 6.07) is 10.0. The third-order valence-electron chi connectivity index (χ3n) is 6.56. The van der Waals surface area contributed by atoms with Crippen molar-refractivity contribution in [3.05, 3.63) is 60.6 Å². The van der Waals surface area contributed by atoms with Crippen molar-refractivity contribution in [1.82, 2.24) is 14.7 Å². The fraction of sp³-hybridized carbons (Fsp3) is 0.464. The van der Waals surface area contributed by atoms with Crippen molar-refractivity contribution in [3.63, 3.8) is 0 Å². The van der Waals surface area contributed by atoms with Gasteiger partial charge in [-0.15, -0.1) is 12.8 Å². The van der Waals surface area contributed by atoms with Gasteiger partial charge in [-0.25, -0.2) is 4.68 Å². The number of aromatic nitrogens is 2. The predicted octanol–water partition coefficient (Wildman–Crippen LogP) is 4.91. The van der Waals surface area contributed by atoms with Gasteiger partial charge in [-0.1, -0.05) is 38.1 Å². The van der Waals surface area contributed by atoms with Crippen molar-refractivity contribution in [3.8, 4) is 18.5 Å². The molecule has 3 fully saturated rings. The first-order chi connectivity index (χ1) is 17.1. The van der Waals surface area contributed by atoms with Gasteiger partial charge in [-0.3, -0.25) is 9.79 Å². The largest absolute Gasteiger partial charge is 0.373 e. The first kappa shape index (κ1) is 26.4. The SMILES string of the molecule is C#C.C/C=C\N=C(C)C1CCC2OC3(CC(OCc4ccccc4-n4cccn4)C3)C(=O)N21.CC. The Labute approximate surface area is 208 Å². The molecule has 35 heavy (non-hydrogen) atoms. The maximum absolute atomic E-state index is 13.3. The second-order valence-electron chi connectivity index (χ2n) is 8.55. The minimum atomic E-state index is -0.712. The third kappa shape index (κ3) is 5.24. The summed E-state index contributed by atoms with van der Waals surface area (Å²) in [4.78, 5) is 19.7. The van der Waals surface area contributed by atoms with Crippen LogP contribution in [-0.4, -0.2) is 50.3 Å². The van der Waals surface area contributed by atoms with Gasteiger partial charge in [0.1, 0.15) is 6.23 Å². The van der Waals surface area contributed by atoms with Crippen LogP contribution in [0.5, 0.6) is 0 Å². The summed E-state index contributed by atoms with van der Waals surface area (Å²) in [5.41, 5.74) is 2.34. The van der Waals surface area contributed by atoms with Gasteiger partial charge in [0.05, 0.1) is 24.4 Å². The maximum Gasteiger partial charge on any atom is 0.257 e. The Morgan fingerprint density at radius 3 is 2.69 bits per heavy atom. The van der Waals surface area contributed by atoms with E-state index in [0.29, 0.717) is 19.4 Å². The number of hydrogen-bond donors (Lipinski definition) is 0. The Kier molecular flexibility index (Phi) is 9.02. The van der Waals surface area contributed by atoms with E-state index in [4.69, 9.17) is 9.47 Å². The van der Waals surface area contributed by atoms with Crippen LogP contribution in [-0.2, 0) is 20.9 Å². The number of aliphatic imine (C=N–C) groups is 1. The Morgan fingerprint density at radius 2 is 2.00 bits per heavy atom. The lowest BCUT2D eigenvalue weighted by Gasteiger charge is -2.42. The summed E-state index contributed by atoms with van der Waals surface area (Å²) < 4.78 is 14.3. The van der Waals surface area contributed by atoms with Crippen molar-refractivity contribution >= 4 is 11.6 Å². The number of rotatable bonds is 6. The van der Waals surface area contributed by atoms with Gasteiger partial charge in [0.25, 0.3) is 5.91 Å². The molecular formula is C28H36N4O3. The third-order valence-corrected chi connectivity index (χ3v) is 6.56. The second-order valence-corrected chi connectivity index (χ2v) is 8.55. The molecule has 3 aliphatic rings. The minimum absolute atomic E-state index is 0.0193. The molecular weight excluding hydrogens is 440 g/mol. The lowest BCUT2D eigenvalue weighted by atomic mass is 9.76. The maximum atomic E-state index is 13.3. The molecule has 2 aromatic rings. The van der Waals surface area contributed by atoms with Crippen LogP contribution < -0.4 is 0 Å². The number of amides is 1. The molecule has 2 saturated heterocycles. The molecule has 1 saturated carbocycles. The smallest absolute Gasteiger partial charge is 0.257 e. The van der Waals surface area contributed by atoms with E-state index in [1.54, 1.807) is 12.4 Å². The normalized spacial score (nSPS) is 27.1. The highest BCUT2D eigenvalue weighted by molar-refractivity contribution is 5.96. The van der Waals surface area contributed by atoms with E-state index in [2.05, 4.69) is 29.0 Å². The summed E-state index contributed by atoms with van der Waals surface area (Å²) >= 11 is 0. The van der Waals surface area contributed by atoms with Crippen LogP contribution in [0.4, 0.5) is 0 Å². The van der Waals surface area contributed by atoms with Gasteiger partial charge in [0.15, 0.2) is 5.60 Å². The second kappa shape index (κ2) is 12.0. The van der Waals surface area contributed by atoms with Crippen LogP contribution in [0.2, 0.25) is 0 Å². The lowest BCUT2D eigenvalue weighted by molar-refractivity contribution is -0.177. The molecule has 0 bridgehead atoms. The quantitative estimate of drug-likeness (QED) is 0.439. The zero-order valence-electron chi connectivity index (χ0n) is 21.1. The number of carbonyl (C=O) groups excluding carboxylic acids is 1. The molecule has 2 aliphatic heterocycles. The molecule has 3 heterocycles. The molecule has 0 N–H and O–H groups in total. The Hall–Kier alpha value is -3.21. The number of carbonyl (C=O) groups is 1. The van der Waals surface area contributed by atoms with Crippen molar-refractivity contribution in [2.24, 2.45) is 4.99 Å². The average Bonchev–Trinajstić information content (AvgIpc) is 3.61. The van der Waals surface area contributed by atoms with Crippen molar-refractivity contribution < 1.29 is 14.3 Å². The Morgan fingerprint density at radius 1 is 1.26 bits per heavy atom. The van der Waals surface area contributed by atoms with Crippen LogP contribution in [0.1, 0.15) is 58.9 Å². The molecule has 7 heteroatoms. The molecule has 1 aliphatic carbocycles. The predicted molar refractivity (Wildman–Crippen MR) is 138 cm³/mol. The zero-order valence-corrected chi connectivity index (χ0v) is 21.1. The van der Waals surface area contributed by atoms with E-state index < -0.39 is 5.60 Å². The number of hydrogen-bond acceptors (Lipinski definition) is 5. The van der Waals surface area contributed by atoms with E-state index in [1.807, 2.05) is 73.8 Å². The molecule has 2 unspecified atom stereocenters. The topological polar surface area (TPSA) is 69.0 Å². The van der Waals surface area contributed by atoms with E-state index in [0.717, 1.165) is 29.8 Å². The van der Waals surface area contributed by atoms with Gasteiger partial charge in [-0.05, 0) is 38.8 Å². The Balaban J connectivity index is 0.000000815. The van der Waals surface area contributed by atoms with Crippen molar-refractivity contribution in [2.75, 3.05) is 0 Å². The summed E-state index contributed by atoms with van der Waals surface area (Å²) in [6.07, 6.45) is 18.3. The van der Waals surface area contributed by atoms with Gasteiger partial charge in [-0.2, -0.15) is 5.10 Å². The first-order valence-electron chi connectivity index (χ1n) is 12.3. The summed E-state index contributed by atoms with van der Waals surface area (Å²) in [6.45, 7) is 8.42. The summed E-state index contributed by atoms with van der Waals surface area (Å²) in [5.74, 6) is 0.104. The van der Waals surface area contributed by atoms with Crippen LogP contribution >= 0.6 is 0 Å². The van der Waals surface area contributed by atoms with Crippen LogP contribution in [0.15, 0.2) is 60.0 Å². The summed E-state index contributed by atoms with van der Waals surface area (Å²) in [7, 11) is 0. The Bertz CT molecular complexity index is 1050. The monoisotopic (exact) mass is 476 g/mol. The van der Waals surface area contributed by atoms with Crippen LogP contribution in [0, 0.1) is 12.8 Å². The number of para-hydroxylation sites is 1. The standard InChI is InChI=1S/C24H28N4O3.C2H6.C2H2/c1-3-11-25-17(2)20-9-10-22-28(20)23(29)24(31-22)14-19(15-24)30-16-18-7-4-5-8-21(18)27-13-6-12-26-27;2*1-2/h3-8,11-13,19-20,22H,9-10,14-16H2,1-2H3;1-2H3;1-2H/b11-3-,25-17?;;. The van der Waals surface area contributed by atoms with Crippen molar-refractivity contribution in [2.45, 2.75) is 84.0 Å². The van der Waals surface area contributed by atoms with Gasteiger partial charge in [0.2, 0.25) is 0 Å². The molecule has 1 spiro atoms. The molecule has 7 nitrogen and oxygen atoms in total. The van der Waals surface area contributed by atoms with Gasteiger partial charge >= 0.3 is 0 Å². The number of ether oxygens (including phenoxy) is 2. The van der Waals surface area contributed by atoms with Crippen LogP contribution in [0.25, 0.3) is 5.69 Å². The molecule has 186 valence electrons. The number of terminal acetylenes is 1. The van der Waals surface area contributed by atoms with Crippen LogP contribution in [0.3, 0.4) is 0 Å². The number of fused-ring (bicyclic) bond motifs is 1. The molecule has 1 amide bonds. The van der Waals surface area contributed by atoms with Gasteiger partial charge in [0, 0.05) is 42.7 Å². The zero-order chi connectivity index (χ0) is 25.4. The molecule has 1 aromatic heterocycles. The van der Waals surface area contributed by atoms with E-state index in [9.17, 15) is 4.79 Å². The highest BCUT2D eigenvalue weighted by atomic mass is 16.6. The number of nitrogens with zero attached hydrogens (tertiary/aromatic N) is 4.